The van der Waals surface area contributed by atoms with Crippen LogP contribution in [0, 0.1) is 0 Å². The number of para-hydroxylation sites is 2. The fourth-order valence-corrected chi connectivity index (χ4v) is 3.43. The summed E-state index contributed by atoms with van der Waals surface area (Å²) in [5.74, 6) is 1.23. The quantitative estimate of drug-likeness (QED) is 0.582. The van der Waals surface area contributed by atoms with Gasteiger partial charge in [-0.25, -0.2) is 4.98 Å². The average molecular weight is 359 g/mol. The molecular weight excluding hydrogens is 338 g/mol. The number of carbonyl (C=O) groups excluding carboxylic acids is 1. The van der Waals surface area contributed by atoms with Crippen LogP contribution < -0.4 is 10.1 Å². The van der Waals surface area contributed by atoms with Crippen molar-refractivity contribution in [2.24, 2.45) is 0 Å². The Kier molecular flexibility index (Phi) is 4.50. The topological polar surface area (TPSA) is 56.2 Å². The lowest BCUT2D eigenvalue weighted by atomic mass is 10.1. The van der Waals surface area contributed by atoms with Crippen LogP contribution >= 0.6 is 0 Å². The van der Waals surface area contributed by atoms with Crippen molar-refractivity contribution in [2.75, 3.05) is 7.11 Å². The Hall–Kier alpha value is -3.34. The number of methoxy groups -OCH3 is 1. The molecule has 136 valence electrons. The number of imidazole rings is 1. The van der Waals surface area contributed by atoms with Gasteiger partial charge in [-0.15, -0.1) is 0 Å². The van der Waals surface area contributed by atoms with Crippen molar-refractivity contribution in [3.63, 3.8) is 0 Å². The zero-order valence-corrected chi connectivity index (χ0v) is 15.4. The SMILES string of the molecule is CCn1c(CNC(=O)c2cc3ccccc3cc2OC)nc2ccccc21. The Morgan fingerprint density at radius 1 is 1.07 bits per heavy atom. The molecule has 27 heavy (non-hydrogen) atoms. The lowest BCUT2D eigenvalue weighted by Gasteiger charge is -2.12. The highest BCUT2D eigenvalue weighted by Gasteiger charge is 2.15. The van der Waals surface area contributed by atoms with Crippen molar-refractivity contribution >= 4 is 27.7 Å². The molecule has 0 saturated heterocycles. The highest BCUT2D eigenvalue weighted by Crippen LogP contribution is 2.26. The number of fused-ring (bicyclic) bond motifs is 2. The Bertz CT molecular complexity index is 1130. The summed E-state index contributed by atoms with van der Waals surface area (Å²) in [6.07, 6.45) is 0. The average Bonchev–Trinajstić information content (AvgIpc) is 3.08. The first-order chi connectivity index (χ1) is 13.2. The Balaban J connectivity index is 1.62. The van der Waals surface area contributed by atoms with Crippen molar-refractivity contribution in [1.82, 2.24) is 14.9 Å². The monoisotopic (exact) mass is 359 g/mol. The number of carbonyl (C=O) groups is 1. The second kappa shape index (κ2) is 7.11. The van der Waals surface area contributed by atoms with Gasteiger partial charge >= 0.3 is 0 Å². The molecule has 4 aromatic rings. The summed E-state index contributed by atoms with van der Waals surface area (Å²) in [4.78, 5) is 17.5. The molecule has 0 atom stereocenters. The summed E-state index contributed by atoms with van der Waals surface area (Å²) < 4.78 is 7.56. The van der Waals surface area contributed by atoms with Gasteiger partial charge in [-0.2, -0.15) is 0 Å². The Morgan fingerprint density at radius 2 is 1.78 bits per heavy atom. The van der Waals surface area contributed by atoms with Gasteiger partial charge in [-0.05, 0) is 42.0 Å². The van der Waals surface area contributed by atoms with E-state index < -0.39 is 0 Å². The van der Waals surface area contributed by atoms with Crippen molar-refractivity contribution in [3.8, 4) is 5.75 Å². The maximum absolute atomic E-state index is 12.8. The van der Waals surface area contributed by atoms with Crippen LogP contribution in [0.3, 0.4) is 0 Å². The minimum atomic E-state index is -0.174. The molecule has 0 aliphatic rings. The number of amides is 1. The van der Waals surface area contributed by atoms with Crippen molar-refractivity contribution < 1.29 is 9.53 Å². The second-order valence-electron chi connectivity index (χ2n) is 6.34. The zero-order valence-electron chi connectivity index (χ0n) is 15.4. The molecule has 0 aliphatic carbocycles. The number of nitrogens with zero attached hydrogens (tertiary/aromatic N) is 2. The van der Waals surface area contributed by atoms with E-state index in [0.717, 1.165) is 34.2 Å². The molecule has 5 heteroatoms. The lowest BCUT2D eigenvalue weighted by Crippen LogP contribution is -2.25. The molecule has 3 aromatic carbocycles. The number of ether oxygens (including phenoxy) is 1. The molecule has 0 aliphatic heterocycles. The lowest BCUT2D eigenvalue weighted by molar-refractivity contribution is 0.0946. The molecule has 1 heterocycles. The van der Waals surface area contributed by atoms with Crippen molar-refractivity contribution in [3.05, 3.63) is 72.1 Å². The van der Waals surface area contributed by atoms with Crippen LogP contribution in [-0.4, -0.2) is 22.6 Å². The fourth-order valence-electron chi connectivity index (χ4n) is 3.43. The number of nitrogens with one attached hydrogen (secondary N) is 1. The highest BCUT2D eigenvalue weighted by molar-refractivity contribution is 6.01. The van der Waals surface area contributed by atoms with E-state index in [1.807, 2.05) is 60.7 Å². The van der Waals surface area contributed by atoms with E-state index >= 15 is 0 Å². The van der Waals surface area contributed by atoms with Gasteiger partial charge in [0, 0.05) is 6.54 Å². The summed E-state index contributed by atoms with van der Waals surface area (Å²) in [7, 11) is 1.58. The largest absolute Gasteiger partial charge is 0.496 e. The van der Waals surface area contributed by atoms with E-state index in [1.54, 1.807) is 7.11 Å². The van der Waals surface area contributed by atoms with Gasteiger partial charge in [-0.3, -0.25) is 4.79 Å². The van der Waals surface area contributed by atoms with E-state index in [9.17, 15) is 4.79 Å². The molecule has 0 saturated carbocycles. The molecule has 1 N–H and O–H groups in total. The van der Waals surface area contributed by atoms with E-state index in [4.69, 9.17) is 4.74 Å². The van der Waals surface area contributed by atoms with Crippen LogP contribution in [0.2, 0.25) is 0 Å². The first-order valence-corrected chi connectivity index (χ1v) is 9.00. The van der Waals surface area contributed by atoms with Crippen LogP contribution in [0.1, 0.15) is 23.1 Å². The standard InChI is InChI=1S/C22H21N3O2/c1-3-25-19-11-7-6-10-18(19)24-21(25)14-23-22(26)17-12-15-8-4-5-9-16(15)13-20(17)27-2/h4-13H,3,14H2,1-2H3,(H,23,26). The Morgan fingerprint density at radius 3 is 2.52 bits per heavy atom. The molecule has 0 fully saturated rings. The molecule has 1 amide bonds. The predicted octanol–water partition coefficient (Wildman–Crippen LogP) is 4.15. The molecule has 0 bridgehead atoms. The van der Waals surface area contributed by atoms with E-state index in [-0.39, 0.29) is 5.91 Å². The predicted molar refractivity (Wildman–Crippen MR) is 107 cm³/mol. The van der Waals surface area contributed by atoms with Gasteiger partial charge in [0.25, 0.3) is 5.91 Å². The number of hydrogen-bond donors (Lipinski definition) is 1. The van der Waals surface area contributed by atoms with Crippen molar-refractivity contribution in [1.29, 1.82) is 0 Å². The fraction of sp³-hybridized carbons (Fsp3) is 0.182. The normalized spacial score (nSPS) is 11.0. The molecule has 5 nitrogen and oxygen atoms in total. The molecule has 0 unspecified atom stereocenters. The first kappa shape index (κ1) is 17.1. The molecule has 1 aromatic heterocycles. The summed E-state index contributed by atoms with van der Waals surface area (Å²) in [6, 6.07) is 19.7. The second-order valence-corrected chi connectivity index (χ2v) is 6.34. The van der Waals surface area contributed by atoms with E-state index in [0.29, 0.717) is 17.9 Å². The number of hydrogen-bond acceptors (Lipinski definition) is 3. The van der Waals surface area contributed by atoms with Crippen LogP contribution in [0.4, 0.5) is 0 Å². The van der Waals surface area contributed by atoms with Gasteiger partial charge in [0.15, 0.2) is 0 Å². The van der Waals surface area contributed by atoms with Gasteiger partial charge < -0.3 is 14.6 Å². The summed E-state index contributed by atoms with van der Waals surface area (Å²) >= 11 is 0. The van der Waals surface area contributed by atoms with Crippen LogP contribution in [-0.2, 0) is 13.1 Å². The number of aryl methyl sites for hydroxylation is 1. The van der Waals surface area contributed by atoms with Crippen LogP contribution in [0.25, 0.3) is 21.8 Å². The number of aromatic nitrogens is 2. The number of benzene rings is 3. The van der Waals surface area contributed by atoms with E-state index in [1.165, 1.54) is 0 Å². The maximum Gasteiger partial charge on any atom is 0.255 e. The van der Waals surface area contributed by atoms with Crippen molar-refractivity contribution in [2.45, 2.75) is 20.0 Å². The van der Waals surface area contributed by atoms with Gasteiger partial charge in [0.2, 0.25) is 0 Å². The van der Waals surface area contributed by atoms with Gasteiger partial charge in [0.1, 0.15) is 11.6 Å². The Labute approximate surface area is 157 Å². The molecule has 4 rings (SSSR count). The zero-order chi connectivity index (χ0) is 18.8. The first-order valence-electron chi connectivity index (χ1n) is 9.00. The molecule has 0 radical (unpaired) electrons. The minimum Gasteiger partial charge on any atom is -0.496 e. The van der Waals surface area contributed by atoms with Crippen LogP contribution in [0.15, 0.2) is 60.7 Å². The third-order valence-corrected chi connectivity index (χ3v) is 4.77. The van der Waals surface area contributed by atoms with Gasteiger partial charge in [-0.1, -0.05) is 36.4 Å². The highest BCUT2D eigenvalue weighted by atomic mass is 16.5. The van der Waals surface area contributed by atoms with Gasteiger partial charge in [0.05, 0.1) is 30.3 Å². The van der Waals surface area contributed by atoms with E-state index in [2.05, 4.69) is 21.8 Å². The molecule has 0 spiro atoms. The summed E-state index contributed by atoms with van der Waals surface area (Å²) in [5, 5.41) is 5.03. The smallest absolute Gasteiger partial charge is 0.255 e. The molecular formula is C22H21N3O2. The van der Waals surface area contributed by atoms with Crippen LogP contribution in [0.5, 0.6) is 5.75 Å². The summed E-state index contributed by atoms with van der Waals surface area (Å²) in [5.41, 5.74) is 2.54. The maximum atomic E-state index is 12.8. The third kappa shape index (κ3) is 3.12. The summed E-state index contributed by atoms with van der Waals surface area (Å²) in [6.45, 7) is 3.23. The minimum absolute atomic E-state index is 0.174. The third-order valence-electron chi connectivity index (χ3n) is 4.77. The number of rotatable bonds is 5.